The number of hydrogen-bond donors (Lipinski definition) is 0. The average Bonchev–Trinajstić information content (AvgIpc) is 2.96. The van der Waals surface area contributed by atoms with Gasteiger partial charge < -0.3 is 0 Å². The molecule has 1 heterocycles. The van der Waals surface area contributed by atoms with Gasteiger partial charge in [0.05, 0.1) is 6.54 Å². The maximum atomic E-state index is 10.7. The predicted molar refractivity (Wildman–Crippen MR) is 74.2 cm³/mol. The van der Waals surface area contributed by atoms with Crippen molar-refractivity contribution >= 4 is 6.29 Å². The second kappa shape index (κ2) is 5.44. The first kappa shape index (κ1) is 12.2. The summed E-state index contributed by atoms with van der Waals surface area (Å²) in [6.07, 6.45) is 0.816. The standard InChI is InChI=1S/C15H12N4O/c20-11-13-6-8-14(9-7-13)15-16-17-18-19(15)10-12-4-2-1-3-5-12/h1-9,11H,10H2. The minimum atomic E-state index is 0.610. The van der Waals surface area contributed by atoms with E-state index in [1.54, 1.807) is 16.8 Å². The molecule has 0 bridgehead atoms. The largest absolute Gasteiger partial charge is 0.298 e. The van der Waals surface area contributed by atoms with E-state index in [9.17, 15) is 4.79 Å². The minimum absolute atomic E-state index is 0.610. The topological polar surface area (TPSA) is 60.7 Å². The van der Waals surface area contributed by atoms with Crippen LogP contribution in [0.25, 0.3) is 11.4 Å². The zero-order valence-electron chi connectivity index (χ0n) is 10.7. The average molecular weight is 264 g/mol. The molecule has 3 rings (SSSR count). The summed E-state index contributed by atoms with van der Waals surface area (Å²) in [5, 5.41) is 11.8. The van der Waals surface area contributed by atoms with Crippen molar-refractivity contribution in [1.29, 1.82) is 0 Å². The molecule has 0 unspecified atom stereocenters. The van der Waals surface area contributed by atoms with Crippen LogP contribution in [0.5, 0.6) is 0 Å². The number of nitrogens with zero attached hydrogens (tertiary/aromatic N) is 4. The predicted octanol–water partition coefficient (Wildman–Crippen LogP) is 2.20. The second-order valence-electron chi connectivity index (χ2n) is 4.39. The zero-order chi connectivity index (χ0) is 13.8. The highest BCUT2D eigenvalue weighted by Gasteiger charge is 2.09. The number of rotatable bonds is 4. The second-order valence-corrected chi connectivity index (χ2v) is 4.39. The first-order valence-corrected chi connectivity index (χ1v) is 6.22. The van der Waals surface area contributed by atoms with Gasteiger partial charge in [0.25, 0.3) is 0 Å². The van der Waals surface area contributed by atoms with Crippen LogP contribution in [0.2, 0.25) is 0 Å². The summed E-state index contributed by atoms with van der Waals surface area (Å²) in [5.74, 6) is 0.686. The molecule has 0 aliphatic rings. The summed E-state index contributed by atoms with van der Waals surface area (Å²) in [7, 11) is 0. The first-order valence-electron chi connectivity index (χ1n) is 6.22. The van der Waals surface area contributed by atoms with Crippen molar-refractivity contribution in [3.05, 3.63) is 65.7 Å². The lowest BCUT2D eigenvalue weighted by atomic mass is 10.1. The summed E-state index contributed by atoms with van der Waals surface area (Å²) >= 11 is 0. The number of carbonyl (C=O) groups excluding carboxylic acids is 1. The van der Waals surface area contributed by atoms with Crippen LogP contribution in [-0.2, 0) is 6.54 Å². The number of aromatic nitrogens is 4. The zero-order valence-corrected chi connectivity index (χ0v) is 10.7. The molecule has 2 aromatic carbocycles. The number of benzene rings is 2. The van der Waals surface area contributed by atoms with Crippen LogP contribution in [-0.4, -0.2) is 26.5 Å². The van der Waals surface area contributed by atoms with Crippen molar-refractivity contribution in [2.24, 2.45) is 0 Å². The summed E-state index contributed by atoms with van der Waals surface area (Å²) in [6.45, 7) is 0.610. The molecule has 0 aliphatic heterocycles. The van der Waals surface area contributed by atoms with Gasteiger partial charge in [0.1, 0.15) is 6.29 Å². The molecule has 0 aliphatic carbocycles. The number of hydrogen-bond acceptors (Lipinski definition) is 4. The lowest BCUT2D eigenvalue weighted by molar-refractivity contribution is 0.112. The van der Waals surface area contributed by atoms with E-state index in [-0.39, 0.29) is 0 Å². The van der Waals surface area contributed by atoms with E-state index >= 15 is 0 Å². The molecule has 0 spiro atoms. The van der Waals surface area contributed by atoms with E-state index in [1.807, 2.05) is 42.5 Å². The Bertz CT molecular complexity index is 704. The molecule has 5 nitrogen and oxygen atoms in total. The van der Waals surface area contributed by atoms with Crippen LogP contribution in [0.3, 0.4) is 0 Å². The Labute approximate surface area is 115 Å². The molecule has 0 radical (unpaired) electrons. The lowest BCUT2D eigenvalue weighted by Crippen LogP contribution is -2.04. The Kier molecular flexibility index (Phi) is 3.33. The fourth-order valence-electron chi connectivity index (χ4n) is 1.99. The van der Waals surface area contributed by atoms with Gasteiger partial charge >= 0.3 is 0 Å². The van der Waals surface area contributed by atoms with Crippen LogP contribution in [0, 0.1) is 0 Å². The van der Waals surface area contributed by atoms with Crippen molar-refractivity contribution in [2.45, 2.75) is 6.54 Å². The van der Waals surface area contributed by atoms with Gasteiger partial charge in [-0.25, -0.2) is 4.68 Å². The fraction of sp³-hybridized carbons (Fsp3) is 0.0667. The molecule has 0 amide bonds. The first-order chi connectivity index (χ1) is 9.86. The van der Waals surface area contributed by atoms with Gasteiger partial charge in [0, 0.05) is 11.1 Å². The molecule has 20 heavy (non-hydrogen) atoms. The summed E-state index contributed by atoms with van der Waals surface area (Å²) in [4.78, 5) is 10.7. The van der Waals surface area contributed by atoms with Gasteiger partial charge in [-0.1, -0.05) is 54.6 Å². The minimum Gasteiger partial charge on any atom is -0.298 e. The Balaban J connectivity index is 1.91. The summed E-state index contributed by atoms with van der Waals surface area (Å²) < 4.78 is 1.74. The van der Waals surface area contributed by atoms with Crippen LogP contribution in [0.15, 0.2) is 54.6 Å². The van der Waals surface area contributed by atoms with Gasteiger partial charge in [-0.3, -0.25) is 4.79 Å². The van der Waals surface area contributed by atoms with Crippen molar-refractivity contribution in [3.8, 4) is 11.4 Å². The molecular formula is C15H12N4O. The maximum Gasteiger partial charge on any atom is 0.182 e. The summed E-state index contributed by atoms with van der Waals surface area (Å²) in [6, 6.07) is 17.2. The fourth-order valence-corrected chi connectivity index (χ4v) is 1.99. The maximum absolute atomic E-state index is 10.7. The van der Waals surface area contributed by atoms with Gasteiger partial charge in [-0.2, -0.15) is 0 Å². The van der Waals surface area contributed by atoms with Crippen molar-refractivity contribution in [2.75, 3.05) is 0 Å². The third-order valence-corrected chi connectivity index (χ3v) is 3.01. The number of aldehydes is 1. The van der Waals surface area contributed by atoms with E-state index in [1.165, 1.54) is 0 Å². The smallest absolute Gasteiger partial charge is 0.182 e. The van der Waals surface area contributed by atoms with E-state index in [2.05, 4.69) is 15.5 Å². The van der Waals surface area contributed by atoms with Gasteiger partial charge in [-0.15, -0.1) is 5.10 Å². The SMILES string of the molecule is O=Cc1ccc(-c2nnnn2Cc2ccccc2)cc1. The van der Waals surface area contributed by atoms with Crippen LogP contribution >= 0.6 is 0 Å². The highest BCUT2D eigenvalue weighted by atomic mass is 16.1. The normalized spacial score (nSPS) is 10.4. The van der Waals surface area contributed by atoms with Crippen molar-refractivity contribution < 1.29 is 4.79 Å². The third kappa shape index (κ3) is 2.47. The molecule has 0 saturated heterocycles. The number of carbonyl (C=O) groups is 1. The van der Waals surface area contributed by atoms with Crippen molar-refractivity contribution in [1.82, 2.24) is 20.2 Å². The van der Waals surface area contributed by atoms with Crippen LogP contribution < -0.4 is 0 Å². The molecule has 5 heteroatoms. The lowest BCUT2D eigenvalue weighted by Gasteiger charge is -2.05. The molecule has 98 valence electrons. The van der Waals surface area contributed by atoms with Crippen LogP contribution in [0.1, 0.15) is 15.9 Å². The van der Waals surface area contributed by atoms with E-state index < -0.39 is 0 Å². The molecule has 0 atom stereocenters. The monoisotopic (exact) mass is 264 g/mol. The third-order valence-electron chi connectivity index (χ3n) is 3.01. The van der Waals surface area contributed by atoms with E-state index in [0.717, 1.165) is 17.4 Å². The molecule has 0 N–H and O–H groups in total. The Morgan fingerprint density at radius 2 is 1.75 bits per heavy atom. The van der Waals surface area contributed by atoms with Crippen LogP contribution in [0.4, 0.5) is 0 Å². The van der Waals surface area contributed by atoms with Gasteiger partial charge in [0.15, 0.2) is 5.82 Å². The molecule has 1 aromatic heterocycles. The van der Waals surface area contributed by atoms with E-state index in [0.29, 0.717) is 17.9 Å². The van der Waals surface area contributed by atoms with Gasteiger partial charge in [0.2, 0.25) is 0 Å². The molecular weight excluding hydrogens is 252 g/mol. The highest BCUT2D eigenvalue weighted by molar-refractivity contribution is 5.76. The Morgan fingerprint density at radius 3 is 2.45 bits per heavy atom. The highest BCUT2D eigenvalue weighted by Crippen LogP contribution is 2.17. The van der Waals surface area contributed by atoms with Crippen molar-refractivity contribution in [3.63, 3.8) is 0 Å². The molecule has 3 aromatic rings. The molecule has 0 saturated carbocycles. The quantitative estimate of drug-likeness (QED) is 0.678. The Hall–Kier alpha value is -2.82. The van der Waals surface area contributed by atoms with E-state index in [4.69, 9.17) is 0 Å². The molecule has 0 fully saturated rings. The Morgan fingerprint density at radius 1 is 1.00 bits per heavy atom. The van der Waals surface area contributed by atoms with Gasteiger partial charge in [-0.05, 0) is 16.0 Å². The number of tetrazole rings is 1. The summed E-state index contributed by atoms with van der Waals surface area (Å²) in [5.41, 5.74) is 2.65.